The van der Waals surface area contributed by atoms with Gasteiger partial charge in [-0.3, -0.25) is 4.79 Å². The lowest BCUT2D eigenvalue weighted by Gasteiger charge is -2.51. The Morgan fingerprint density at radius 3 is 1.85 bits per heavy atom. The Kier molecular flexibility index (Phi) is 1.88. The molecule has 3 fully saturated rings. The highest BCUT2D eigenvalue weighted by Gasteiger charge is 2.50. The first-order valence-electron chi connectivity index (χ1n) is 5.13. The zero-order chi connectivity index (χ0) is 9.53. The third kappa shape index (κ3) is 1.17. The summed E-state index contributed by atoms with van der Waals surface area (Å²) in [7, 11) is 0. The largest absolute Gasteiger partial charge is 0.369 e. The van der Waals surface area contributed by atoms with Crippen molar-refractivity contribution in [1.82, 2.24) is 0 Å². The number of amides is 1. The quantitative estimate of drug-likeness (QED) is 0.662. The molecule has 3 rings (SSSR count). The zero-order valence-corrected chi connectivity index (χ0v) is 8.01. The average molecular weight is 182 g/mol. The summed E-state index contributed by atoms with van der Waals surface area (Å²) in [5.41, 5.74) is 11.4. The lowest BCUT2D eigenvalue weighted by atomic mass is 9.53. The Morgan fingerprint density at radius 2 is 1.54 bits per heavy atom. The minimum atomic E-state index is -0.156. The molecule has 3 nitrogen and oxygen atoms in total. The second kappa shape index (κ2) is 2.71. The van der Waals surface area contributed by atoms with Crippen LogP contribution >= 0.6 is 0 Å². The number of hydrogen-bond acceptors (Lipinski definition) is 2. The van der Waals surface area contributed by atoms with Crippen LogP contribution in [-0.4, -0.2) is 12.5 Å². The predicted octanol–water partition coefficient (Wildman–Crippen LogP) is 0.771. The summed E-state index contributed by atoms with van der Waals surface area (Å²) in [6.07, 6.45) is 6.23. The summed E-state index contributed by atoms with van der Waals surface area (Å²) in [6.45, 7) is 0.780. The smallest absolute Gasteiger partial charge is 0.223 e. The Balaban J connectivity index is 2.16. The molecule has 2 bridgehead atoms. The van der Waals surface area contributed by atoms with Crippen molar-refractivity contribution in [2.45, 2.75) is 38.5 Å². The fourth-order valence-corrected chi connectivity index (χ4v) is 2.94. The van der Waals surface area contributed by atoms with Crippen LogP contribution in [0.15, 0.2) is 0 Å². The molecule has 0 heterocycles. The maximum Gasteiger partial charge on any atom is 0.223 e. The van der Waals surface area contributed by atoms with E-state index in [1.807, 2.05) is 0 Å². The van der Waals surface area contributed by atoms with Gasteiger partial charge in [0.2, 0.25) is 5.91 Å². The van der Waals surface area contributed by atoms with Crippen molar-refractivity contribution >= 4 is 5.91 Å². The minimum absolute atomic E-state index is 0.0854. The topological polar surface area (TPSA) is 69.1 Å². The number of rotatable bonds is 2. The van der Waals surface area contributed by atoms with Crippen molar-refractivity contribution in [3.63, 3.8) is 0 Å². The van der Waals surface area contributed by atoms with Gasteiger partial charge in [-0.05, 0) is 50.5 Å². The van der Waals surface area contributed by atoms with Crippen LogP contribution in [0, 0.1) is 10.8 Å². The molecule has 13 heavy (non-hydrogen) atoms. The van der Waals surface area contributed by atoms with Crippen LogP contribution < -0.4 is 11.5 Å². The van der Waals surface area contributed by atoms with Crippen LogP contribution in [0.25, 0.3) is 0 Å². The van der Waals surface area contributed by atoms with Crippen LogP contribution in [-0.2, 0) is 4.79 Å². The molecule has 0 radical (unpaired) electrons. The number of primary amides is 1. The van der Waals surface area contributed by atoms with Crippen molar-refractivity contribution in [3.05, 3.63) is 0 Å². The summed E-state index contributed by atoms with van der Waals surface area (Å²) in [6, 6.07) is 0. The molecular weight excluding hydrogens is 164 g/mol. The van der Waals surface area contributed by atoms with Crippen LogP contribution in [0.2, 0.25) is 0 Å². The van der Waals surface area contributed by atoms with E-state index in [0.29, 0.717) is 5.41 Å². The first kappa shape index (κ1) is 9.00. The van der Waals surface area contributed by atoms with E-state index in [1.165, 1.54) is 0 Å². The molecule has 0 aliphatic heterocycles. The van der Waals surface area contributed by atoms with Crippen molar-refractivity contribution < 1.29 is 4.79 Å². The summed E-state index contributed by atoms with van der Waals surface area (Å²) >= 11 is 0. The Morgan fingerprint density at radius 1 is 1.08 bits per heavy atom. The van der Waals surface area contributed by atoms with Gasteiger partial charge in [0.25, 0.3) is 0 Å². The van der Waals surface area contributed by atoms with Crippen LogP contribution in [0.1, 0.15) is 38.5 Å². The second-order valence-electron chi connectivity index (χ2n) is 4.85. The van der Waals surface area contributed by atoms with Crippen LogP contribution in [0.4, 0.5) is 0 Å². The third-order valence-electron chi connectivity index (χ3n) is 4.36. The van der Waals surface area contributed by atoms with Gasteiger partial charge in [0.15, 0.2) is 0 Å². The van der Waals surface area contributed by atoms with Gasteiger partial charge in [0.1, 0.15) is 0 Å². The molecule has 3 saturated carbocycles. The van der Waals surface area contributed by atoms with E-state index in [4.69, 9.17) is 11.5 Å². The van der Waals surface area contributed by atoms with Gasteiger partial charge < -0.3 is 11.5 Å². The molecule has 3 aliphatic carbocycles. The second-order valence-corrected chi connectivity index (χ2v) is 4.85. The van der Waals surface area contributed by atoms with Gasteiger partial charge in [0, 0.05) is 5.41 Å². The fraction of sp³-hybridized carbons (Fsp3) is 0.900. The van der Waals surface area contributed by atoms with E-state index < -0.39 is 0 Å². The normalized spacial score (nSPS) is 43.5. The SMILES string of the molecule is NCC12CCC(C(N)=O)(CC1)CC2. The molecule has 74 valence electrons. The first-order chi connectivity index (χ1) is 6.13. The molecule has 0 aromatic heterocycles. The Hall–Kier alpha value is -0.570. The van der Waals surface area contributed by atoms with Crippen molar-refractivity contribution in [2.75, 3.05) is 6.54 Å². The maximum atomic E-state index is 11.3. The summed E-state index contributed by atoms with van der Waals surface area (Å²) in [4.78, 5) is 11.3. The highest BCUT2D eigenvalue weighted by Crippen LogP contribution is 2.56. The summed E-state index contributed by atoms with van der Waals surface area (Å²) in [5, 5.41) is 0. The summed E-state index contributed by atoms with van der Waals surface area (Å²) in [5.74, 6) is -0.0854. The highest BCUT2D eigenvalue weighted by molar-refractivity contribution is 5.81. The molecule has 0 aromatic carbocycles. The number of carbonyl (C=O) groups excluding carboxylic acids is 1. The number of carbonyl (C=O) groups is 1. The van der Waals surface area contributed by atoms with E-state index in [9.17, 15) is 4.79 Å². The Bertz CT molecular complexity index is 213. The average Bonchev–Trinajstić information content (AvgIpc) is 2.20. The zero-order valence-electron chi connectivity index (χ0n) is 8.01. The van der Waals surface area contributed by atoms with Gasteiger partial charge >= 0.3 is 0 Å². The van der Waals surface area contributed by atoms with Gasteiger partial charge in [-0.15, -0.1) is 0 Å². The molecule has 0 atom stereocenters. The van der Waals surface area contributed by atoms with E-state index in [-0.39, 0.29) is 11.3 Å². The van der Waals surface area contributed by atoms with Gasteiger partial charge in [-0.2, -0.15) is 0 Å². The number of hydrogen-bond donors (Lipinski definition) is 2. The van der Waals surface area contributed by atoms with Gasteiger partial charge in [0.05, 0.1) is 0 Å². The molecule has 0 aromatic rings. The van der Waals surface area contributed by atoms with Gasteiger partial charge in [-0.25, -0.2) is 0 Å². The first-order valence-corrected chi connectivity index (χ1v) is 5.13. The van der Waals surface area contributed by atoms with Gasteiger partial charge in [-0.1, -0.05) is 0 Å². The minimum Gasteiger partial charge on any atom is -0.369 e. The predicted molar refractivity (Wildman–Crippen MR) is 50.8 cm³/mol. The molecule has 4 N–H and O–H groups in total. The molecule has 3 heteroatoms. The van der Waals surface area contributed by atoms with Crippen molar-refractivity contribution in [3.8, 4) is 0 Å². The molecule has 0 spiro atoms. The molecule has 0 saturated heterocycles. The molecule has 3 aliphatic rings. The van der Waals surface area contributed by atoms with Crippen molar-refractivity contribution in [1.29, 1.82) is 0 Å². The summed E-state index contributed by atoms with van der Waals surface area (Å²) < 4.78 is 0. The standard InChI is InChI=1S/C10H18N2O/c11-7-9-1-4-10(5-2-9,6-3-9)8(12)13/h1-7,11H2,(H2,12,13). The van der Waals surface area contributed by atoms with Crippen molar-refractivity contribution in [2.24, 2.45) is 22.3 Å². The molecule has 1 amide bonds. The third-order valence-corrected chi connectivity index (χ3v) is 4.36. The lowest BCUT2D eigenvalue weighted by molar-refractivity contribution is -0.136. The molecule has 0 unspecified atom stereocenters. The monoisotopic (exact) mass is 182 g/mol. The van der Waals surface area contributed by atoms with Crippen LogP contribution in [0.3, 0.4) is 0 Å². The lowest BCUT2D eigenvalue weighted by Crippen LogP contribution is -2.50. The number of nitrogens with two attached hydrogens (primary N) is 2. The fourth-order valence-electron chi connectivity index (χ4n) is 2.94. The number of fused-ring (bicyclic) bond motifs is 3. The van der Waals surface area contributed by atoms with E-state index in [1.54, 1.807) is 0 Å². The molecular formula is C10H18N2O. The Labute approximate surface area is 78.9 Å². The highest BCUT2D eigenvalue weighted by atomic mass is 16.1. The maximum absolute atomic E-state index is 11.3. The van der Waals surface area contributed by atoms with Crippen LogP contribution in [0.5, 0.6) is 0 Å². The van der Waals surface area contributed by atoms with E-state index >= 15 is 0 Å². The van der Waals surface area contributed by atoms with E-state index in [0.717, 1.165) is 45.1 Å². The van der Waals surface area contributed by atoms with E-state index in [2.05, 4.69) is 0 Å².